The Hall–Kier alpha value is -5.16. The van der Waals surface area contributed by atoms with Crippen molar-refractivity contribution in [3.05, 3.63) is 173 Å². The molecule has 0 amide bonds. The first-order chi connectivity index (χ1) is 19.6. The molecule has 0 heterocycles. The molecular weight excluding hydrogens is 498 g/mol. The first kappa shape index (κ1) is 26.4. The minimum atomic E-state index is -0.875. The highest BCUT2D eigenvalue weighted by atomic mass is 16.8. The van der Waals surface area contributed by atoms with Gasteiger partial charge in [0.2, 0.25) is 0 Å². The Kier molecular flexibility index (Phi) is 8.32. The van der Waals surface area contributed by atoms with Crippen molar-refractivity contribution < 1.29 is 19.1 Å². The van der Waals surface area contributed by atoms with Crippen LogP contribution in [0.4, 0.5) is 4.79 Å². The van der Waals surface area contributed by atoms with E-state index in [-0.39, 0.29) is 6.61 Å². The third kappa shape index (κ3) is 6.11. The fourth-order valence-electron chi connectivity index (χ4n) is 4.53. The number of rotatable bonds is 9. The largest absolute Gasteiger partial charge is 0.535 e. The van der Waals surface area contributed by atoms with Gasteiger partial charge >= 0.3 is 6.16 Å². The summed E-state index contributed by atoms with van der Waals surface area (Å²) in [6.07, 6.45) is -0.869. The molecule has 0 saturated heterocycles. The van der Waals surface area contributed by atoms with Gasteiger partial charge in [-0.1, -0.05) is 139 Å². The van der Waals surface area contributed by atoms with E-state index in [1.54, 1.807) is 6.92 Å². The monoisotopic (exact) mass is 527 g/mol. The van der Waals surface area contributed by atoms with Gasteiger partial charge in [-0.15, -0.1) is 0 Å². The molecule has 0 N–H and O–H groups in total. The van der Waals surface area contributed by atoms with Crippen molar-refractivity contribution in [3.8, 4) is 5.75 Å². The maximum atomic E-state index is 12.1. The molecule has 5 aromatic rings. The van der Waals surface area contributed by atoms with Crippen LogP contribution in [0.5, 0.6) is 5.75 Å². The number of ether oxygens (including phenoxy) is 2. The van der Waals surface area contributed by atoms with Crippen LogP contribution in [-0.4, -0.2) is 11.9 Å². The number of carbonyl (C=O) groups is 1. The Morgan fingerprint density at radius 2 is 1.07 bits per heavy atom. The predicted molar refractivity (Wildman–Crippen MR) is 156 cm³/mol. The Morgan fingerprint density at radius 3 is 1.55 bits per heavy atom. The van der Waals surface area contributed by atoms with E-state index < -0.39 is 11.8 Å². The van der Waals surface area contributed by atoms with Crippen molar-refractivity contribution >= 4 is 11.9 Å². The first-order valence-electron chi connectivity index (χ1n) is 13.0. The van der Waals surface area contributed by atoms with Crippen LogP contribution in [0, 0.1) is 0 Å². The average Bonchev–Trinajstić information content (AvgIpc) is 3.03. The van der Waals surface area contributed by atoms with Crippen LogP contribution >= 0.6 is 0 Å². The van der Waals surface area contributed by atoms with Crippen LogP contribution in [0.25, 0.3) is 0 Å². The molecule has 0 saturated carbocycles. The lowest BCUT2D eigenvalue weighted by molar-refractivity contribution is 0.0519. The van der Waals surface area contributed by atoms with Gasteiger partial charge in [0.15, 0.2) is 5.60 Å². The molecule has 0 radical (unpaired) electrons. The zero-order chi connectivity index (χ0) is 27.6. The summed E-state index contributed by atoms with van der Waals surface area (Å²) in [5.74, 6) is 0.672. The molecule has 0 aliphatic rings. The quantitative estimate of drug-likeness (QED) is 0.0638. The fraction of sp³-hybridized carbons (Fsp3) is 0.0857. The van der Waals surface area contributed by atoms with Crippen molar-refractivity contribution in [2.45, 2.75) is 19.1 Å². The molecule has 0 fully saturated rings. The SMILES string of the molecule is C/C(=N\OC(=O)OCc1ccc(OC(c2ccccc2)(c2ccccc2)c2ccccc2)cc1)c1ccccc1. The summed E-state index contributed by atoms with van der Waals surface area (Å²) in [6, 6.07) is 47.5. The average molecular weight is 528 g/mol. The second-order valence-electron chi connectivity index (χ2n) is 9.20. The van der Waals surface area contributed by atoms with Crippen molar-refractivity contribution in [3.63, 3.8) is 0 Å². The number of nitrogens with zero attached hydrogens (tertiary/aromatic N) is 1. The highest BCUT2D eigenvalue weighted by Crippen LogP contribution is 2.41. The van der Waals surface area contributed by atoms with Gasteiger partial charge in [-0.2, -0.15) is 0 Å². The lowest BCUT2D eigenvalue weighted by Gasteiger charge is -2.36. The summed E-state index contributed by atoms with van der Waals surface area (Å²) in [7, 11) is 0. The second kappa shape index (κ2) is 12.6. The third-order valence-corrected chi connectivity index (χ3v) is 6.54. The summed E-state index contributed by atoms with van der Waals surface area (Å²) >= 11 is 0. The molecule has 0 unspecified atom stereocenters. The van der Waals surface area contributed by atoms with E-state index in [9.17, 15) is 4.79 Å². The molecule has 5 heteroatoms. The zero-order valence-corrected chi connectivity index (χ0v) is 22.1. The van der Waals surface area contributed by atoms with Gasteiger partial charge < -0.3 is 9.47 Å². The van der Waals surface area contributed by atoms with Crippen LogP contribution in [0.2, 0.25) is 0 Å². The molecule has 0 spiro atoms. The maximum Gasteiger partial charge on any atom is 0.535 e. The van der Waals surface area contributed by atoms with Gasteiger partial charge in [0.1, 0.15) is 12.4 Å². The van der Waals surface area contributed by atoms with E-state index in [1.165, 1.54) is 0 Å². The summed E-state index contributed by atoms with van der Waals surface area (Å²) in [5, 5.41) is 3.87. The van der Waals surface area contributed by atoms with E-state index in [1.807, 2.05) is 109 Å². The second-order valence-corrected chi connectivity index (χ2v) is 9.20. The molecule has 0 aromatic heterocycles. The number of benzene rings is 5. The van der Waals surface area contributed by atoms with E-state index >= 15 is 0 Å². The van der Waals surface area contributed by atoms with Crippen LogP contribution in [0.15, 0.2) is 151 Å². The number of hydrogen-bond acceptors (Lipinski definition) is 5. The van der Waals surface area contributed by atoms with Crippen LogP contribution in [0.3, 0.4) is 0 Å². The van der Waals surface area contributed by atoms with E-state index in [4.69, 9.17) is 14.3 Å². The lowest BCUT2D eigenvalue weighted by atomic mass is 9.80. The highest BCUT2D eigenvalue weighted by molar-refractivity contribution is 5.98. The van der Waals surface area contributed by atoms with Gasteiger partial charge in [-0.3, -0.25) is 4.84 Å². The molecule has 0 atom stereocenters. The molecular formula is C35H29NO4. The summed E-state index contributed by atoms with van der Waals surface area (Å²) in [4.78, 5) is 17.0. The van der Waals surface area contributed by atoms with Gasteiger partial charge in [0, 0.05) is 16.7 Å². The molecule has 5 nitrogen and oxygen atoms in total. The molecule has 40 heavy (non-hydrogen) atoms. The van der Waals surface area contributed by atoms with E-state index in [0.717, 1.165) is 27.8 Å². The minimum Gasteiger partial charge on any atom is -0.473 e. The Morgan fingerprint density at radius 1 is 0.625 bits per heavy atom. The van der Waals surface area contributed by atoms with Gasteiger partial charge in [-0.25, -0.2) is 4.79 Å². The summed E-state index contributed by atoms with van der Waals surface area (Å²) in [5.41, 5.74) is 4.39. The van der Waals surface area contributed by atoms with Crippen LogP contribution < -0.4 is 4.74 Å². The van der Waals surface area contributed by atoms with Gasteiger partial charge in [0.05, 0.1) is 5.71 Å². The number of carbonyl (C=O) groups excluding carboxylic acids is 1. The first-order valence-corrected chi connectivity index (χ1v) is 13.0. The smallest absolute Gasteiger partial charge is 0.473 e. The van der Waals surface area contributed by atoms with Crippen molar-refractivity contribution in [1.29, 1.82) is 0 Å². The predicted octanol–water partition coefficient (Wildman–Crippen LogP) is 8.13. The highest BCUT2D eigenvalue weighted by Gasteiger charge is 2.38. The van der Waals surface area contributed by atoms with E-state index in [0.29, 0.717) is 11.5 Å². The lowest BCUT2D eigenvalue weighted by Crippen LogP contribution is -2.36. The standard InChI is InChI=1S/C35H29NO4/c1-27(29-14-6-2-7-15-29)36-40-34(37)38-26-28-22-24-33(25-23-28)39-35(30-16-8-3-9-17-30,31-18-10-4-11-19-31)32-20-12-5-13-21-32/h2-25H,26H2,1H3/b36-27+. The molecule has 5 aromatic carbocycles. The Balaban J connectivity index is 1.34. The van der Waals surface area contributed by atoms with Crippen LogP contribution in [-0.2, 0) is 21.8 Å². The summed E-state index contributed by atoms with van der Waals surface area (Å²) in [6.45, 7) is 1.81. The maximum absolute atomic E-state index is 12.1. The van der Waals surface area contributed by atoms with Gasteiger partial charge in [0.25, 0.3) is 0 Å². The third-order valence-electron chi connectivity index (χ3n) is 6.54. The Labute approximate surface area is 234 Å². The Bertz CT molecular complexity index is 1440. The molecule has 0 aliphatic heterocycles. The zero-order valence-electron chi connectivity index (χ0n) is 22.1. The van der Waals surface area contributed by atoms with E-state index in [2.05, 4.69) is 41.6 Å². The topological polar surface area (TPSA) is 57.1 Å². The summed E-state index contributed by atoms with van der Waals surface area (Å²) < 4.78 is 12.2. The van der Waals surface area contributed by atoms with Crippen LogP contribution in [0.1, 0.15) is 34.7 Å². The minimum absolute atomic E-state index is 0.0419. The normalized spacial score (nSPS) is 11.5. The molecule has 198 valence electrons. The van der Waals surface area contributed by atoms with Crippen molar-refractivity contribution in [2.24, 2.45) is 5.16 Å². The van der Waals surface area contributed by atoms with Crippen molar-refractivity contribution in [1.82, 2.24) is 0 Å². The number of oxime groups is 1. The molecule has 0 aliphatic carbocycles. The molecule has 0 bridgehead atoms. The number of hydrogen-bond donors (Lipinski definition) is 0. The molecule has 5 rings (SSSR count). The fourth-order valence-corrected chi connectivity index (χ4v) is 4.53. The van der Waals surface area contributed by atoms with Crippen molar-refractivity contribution in [2.75, 3.05) is 0 Å². The van der Waals surface area contributed by atoms with Gasteiger partial charge in [-0.05, 0) is 30.2 Å².